The highest BCUT2D eigenvalue weighted by molar-refractivity contribution is 5.92. The van der Waals surface area contributed by atoms with Gasteiger partial charge < -0.3 is 19.7 Å². The molecule has 27 heavy (non-hydrogen) atoms. The van der Waals surface area contributed by atoms with Crippen LogP contribution in [0.3, 0.4) is 0 Å². The van der Waals surface area contributed by atoms with E-state index in [-0.39, 0.29) is 23.7 Å². The van der Waals surface area contributed by atoms with Crippen molar-refractivity contribution in [3.8, 4) is 11.5 Å². The smallest absolute Gasteiger partial charge is 0.226 e. The molecule has 1 heterocycles. The molecular weight excluding hydrogens is 344 g/mol. The minimum absolute atomic E-state index is 0.00103. The highest BCUT2D eigenvalue weighted by atomic mass is 16.5. The van der Waals surface area contributed by atoms with Gasteiger partial charge in [0.25, 0.3) is 0 Å². The third-order valence-corrected chi connectivity index (χ3v) is 5.57. The molecule has 3 rings (SSSR count). The number of amides is 2. The Kier molecular flexibility index (Phi) is 6.24. The maximum absolute atomic E-state index is 12.6. The first-order valence-corrected chi connectivity index (χ1v) is 9.81. The molecule has 1 aromatic rings. The molecule has 1 aliphatic heterocycles. The second kappa shape index (κ2) is 8.63. The number of nitrogens with one attached hydrogen (secondary N) is 1. The number of ether oxygens (including phenoxy) is 2. The van der Waals surface area contributed by atoms with Crippen LogP contribution in [0.15, 0.2) is 18.2 Å². The topological polar surface area (TPSA) is 67.9 Å². The van der Waals surface area contributed by atoms with Crippen LogP contribution >= 0.6 is 0 Å². The van der Waals surface area contributed by atoms with Crippen molar-refractivity contribution in [1.29, 1.82) is 0 Å². The predicted molar refractivity (Wildman–Crippen MR) is 103 cm³/mol. The number of likely N-dealkylation sites (tertiary alicyclic amines) is 1. The van der Waals surface area contributed by atoms with Gasteiger partial charge in [-0.15, -0.1) is 0 Å². The molecule has 0 aromatic heterocycles. The Morgan fingerprint density at radius 1 is 1.19 bits per heavy atom. The first-order valence-electron chi connectivity index (χ1n) is 9.81. The minimum atomic E-state index is -0.153. The van der Waals surface area contributed by atoms with Crippen molar-refractivity contribution in [3.05, 3.63) is 23.8 Å². The van der Waals surface area contributed by atoms with Gasteiger partial charge in [-0.05, 0) is 49.3 Å². The van der Waals surface area contributed by atoms with Crippen molar-refractivity contribution in [3.63, 3.8) is 0 Å². The lowest BCUT2D eigenvalue weighted by Crippen LogP contribution is -2.41. The van der Waals surface area contributed by atoms with E-state index >= 15 is 0 Å². The molecule has 6 heteroatoms. The van der Waals surface area contributed by atoms with Gasteiger partial charge in [-0.2, -0.15) is 0 Å². The average molecular weight is 374 g/mol. The van der Waals surface area contributed by atoms with Crippen LogP contribution in [0.4, 0.5) is 0 Å². The van der Waals surface area contributed by atoms with E-state index in [1.54, 1.807) is 14.2 Å². The van der Waals surface area contributed by atoms with Crippen molar-refractivity contribution in [2.45, 2.75) is 32.6 Å². The number of methoxy groups -OCH3 is 2. The molecule has 2 amide bonds. The summed E-state index contributed by atoms with van der Waals surface area (Å²) in [6.07, 6.45) is 3.66. The van der Waals surface area contributed by atoms with Crippen molar-refractivity contribution in [1.82, 2.24) is 10.2 Å². The fourth-order valence-electron chi connectivity index (χ4n) is 3.88. The predicted octanol–water partition coefficient (Wildman–Crippen LogP) is 2.26. The Labute approximate surface area is 161 Å². The Morgan fingerprint density at radius 2 is 1.96 bits per heavy atom. The van der Waals surface area contributed by atoms with Gasteiger partial charge in [-0.3, -0.25) is 9.59 Å². The second-order valence-electron chi connectivity index (χ2n) is 7.71. The van der Waals surface area contributed by atoms with Gasteiger partial charge in [0.1, 0.15) is 0 Å². The van der Waals surface area contributed by atoms with Crippen LogP contribution in [-0.2, 0) is 16.0 Å². The molecule has 0 bridgehead atoms. The van der Waals surface area contributed by atoms with E-state index in [9.17, 15) is 9.59 Å². The highest BCUT2D eigenvalue weighted by Crippen LogP contribution is 2.40. The summed E-state index contributed by atoms with van der Waals surface area (Å²) in [5, 5.41) is 2.97. The summed E-state index contributed by atoms with van der Waals surface area (Å²) in [6.45, 7) is 4.41. The van der Waals surface area contributed by atoms with Crippen LogP contribution in [-0.4, -0.2) is 50.6 Å². The molecule has 1 aliphatic carbocycles. The van der Waals surface area contributed by atoms with Gasteiger partial charge in [0.05, 0.1) is 26.1 Å². The zero-order valence-electron chi connectivity index (χ0n) is 16.5. The van der Waals surface area contributed by atoms with Gasteiger partial charge in [-0.25, -0.2) is 0 Å². The number of carbonyl (C=O) groups is 2. The van der Waals surface area contributed by atoms with Crippen LogP contribution < -0.4 is 14.8 Å². The van der Waals surface area contributed by atoms with E-state index in [1.165, 1.54) is 6.42 Å². The Hall–Kier alpha value is -2.24. The van der Waals surface area contributed by atoms with E-state index in [0.29, 0.717) is 36.8 Å². The zero-order chi connectivity index (χ0) is 19.4. The molecule has 1 aromatic carbocycles. The van der Waals surface area contributed by atoms with Gasteiger partial charge in [0.15, 0.2) is 11.5 Å². The second-order valence-corrected chi connectivity index (χ2v) is 7.71. The molecule has 1 saturated heterocycles. The van der Waals surface area contributed by atoms with Crippen molar-refractivity contribution in [2.75, 3.05) is 33.9 Å². The van der Waals surface area contributed by atoms with Crippen LogP contribution in [0.5, 0.6) is 11.5 Å². The fourth-order valence-corrected chi connectivity index (χ4v) is 3.88. The van der Waals surface area contributed by atoms with E-state index < -0.39 is 0 Å². The molecule has 3 atom stereocenters. The summed E-state index contributed by atoms with van der Waals surface area (Å²) in [5.41, 5.74) is 1.07. The number of hydrogen-bond acceptors (Lipinski definition) is 4. The molecule has 2 fully saturated rings. The molecule has 0 spiro atoms. The Bertz CT molecular complexity index is 691. The minimum Gasteiger partial charge on any atom is -0.493 e. The van der Waals surface area contributed by atoms with Crippen LogP contribution in [0.1, 0.15) is 31.7 Å². The normalized spacial score (nSPS) is 24.3. The van der Waals surface area contributed by atoms with E-state index in [4.69, 9.17) is 9.47 Å². The Balaban J connectivity index is 1.43. The van der Waals surface area contributed by atoms with Crippen LogP contribution in [0.2, 0.25) is 0 Å². The van der Waals surface area contributed by atoms with Crippen molar-refractivity contribution >= 4 is 11.8 Å². The number of rotatable bonds is 7. The first-order chi connectivity index (χ1) is 13.0. The third kappa shape index (κ3) is 4.73. The number of benzene rings is 1. The molecule has 3 unspecified atom stereocenters. The van der Waals surface area contributed by atoms with Crippen LogP contribution in [0, 0.1) is 17.8 Å². The molecule has 1 saturated carbocycles. The molecule has 148 valence electrons. The number of nitrogens with zero attached hydrogens (tertiary/aromatic N) is 1. The summed E-state index contributed by atoms with van der Waals surface area (Å²) < 4.78 is 10.5. The molecule has 6 nitrogen and oxygen atoms in total. The number of carbonyl (C=O) groups excluding carboxylic acids is 2. The molecule has 1 N–H and O–H groups in total. The van der Waals surface area contributed by atoms with E-state index in [0.717, 1.165) is 25.1 Å². The van der Waals surface area contributed by atoms with Gasteiger partial charge in [0, 0.05) is 19.6 Å². The number of hydrogen-bond donors (Lipinski definition) is 1. The molecular formula is C21H30N2O4. The summed E-state index contributed by atoms with van der Waals surface area (Å²) in [7, 11) is 3.21. The maximum Gasteiger partial charge on any atom is 0.226 e. The SMILES string of the molecule is COc1ccc(CCNC(=O)C2CC2C(=O)N2CCCC(C)C2)cc1OC. The zero-order valence-corrected chi connectivity index (χ0v) is 16.5. The fraction of sp³-hybridized carbons (Fsp3) is 0.619. The third-order valence-electron chi connectivity index (χ3n) is 5.57. The standard InChI is InChI=1S/C21H30N2O4/c1-14-5-4-10-23(13-14)21(25)17-12-16(17)20(24)22-9-8-15-6-7-18(26-2)19(11-15)27-3/h6-7,11,14,16-17H,4-5,8-10,12-13H2,1-3H3,(H,22,24). The van der Waals surface area contributed by atoms with Gasteiger partial charge in [0.2, 0.25) is 11.8 Å². The Morgan fingerprint density at radius 3 is 2.67 bits per heavy atom. The lowest BCUT2D eigenvalue weighted by Gasteiger charge is -2.31. The van der Waals surface area contributed by atoms with E-state index in [1.807, 2.05) is 23.1 Å². The monoisotopic (exact) mass is 374 g/mol. The summed E-state index contributed by atoms with van der Waals surface area (Å²) in [6, 6.07) is 5.76. The highest BCUT2D eigenvalue weighted by Gasteiger charge is 2.49. The maximum atomic E-state index is 12.6. The lowest BCUT2D eigenvalue weighted by molar-refractivity contribution is -0.136. The van der Waals surface area contributed by atoms with Crippen molar-refractivity contribution < 1.29 is 19.1 Å². The average Bonchev–Trinajstić information content (AvgIpc) is 3.48. The lowest BCUT2D eigenvalue weighted by atomic mass is 10.00. The number of piperidine rings is 1. The summed E-state index contributed by atoms with van der Waals surface area (Å²) >= 11 is 0. The first kappa shape index (κ1) is 19.5. The largest absolute Gasteiger partial charge is 0.493 e. The molecule has 0 radical (unpaired) electrons. The van der Waals surface area contributed by atoms with Gasteiger partial charge in [-0.1, -0.05) is 13.0 Å². The van der Waals surface area contributed by atoms with Crippen LogP contribution in [0.25, 0.3) is 0 Å². The molecule has 2 aliphatic rings. The quantitative estimate of drug-likeness (QED) is 0.795. The summed E-state index contributed by atoms with van der Waals surface area (Å²) in [5.74, 6) is 1.84. The van der Waals surface area contributed by atoms with Crippen molar-refractivity contribution in [2.24, 2.45) is 17.8 Å². The van der Waals surface area contributed by atoms with E-state index in [2.05, 4.69) is 12.2 Å². The summed E-state index contributed by atoms with van der Waals surface area (Å²) in [4.78, 5) is 26.9. The van der Waals surface area contributed by atoms with Gasteiger partial charge >= 0.3 is 0 Å².